The molecule has 4 N–H and O–H groups in total. The molecule has 0 aliphatic carbocycles. The molecule has 1 rings (SSSR count). The average Bonchev–Trinajstić information content (AvgIpc) is 1.93. The molecule has 0 atom stereocenters. The van der Waals surface area contributed by atoms with Crippen LogP contribution in [0.3, 0.4) is 0 Å². The quantitative estimate of drug-likeness (QED) is 0.428. The van der Waals surface area contributed by atoms with Gasteiger partial charge in [0.25, 0.3) is 0 Å². The van der Waals surface area contributed by atoms with Gasteiger partial charge < -0.3 is 0 Å². The minimum Gasteiger partial charge on any atom is -0.269 e. The molecule has 1 aliphatic rings. The number of rotatable bonds is 0. The number of nitrogens with zero attached hydrogens (tertiary/aromatic N) is 2. The third-order valence-corrected chi connectivity index (χ3v) is 1.77. The summed E-state index contributed by atoms with van der Waals surface area (Å²) in [6.07, 6.45) is 0. The fraction of sp³-hybridized carbons (Fsp3) is 1.00. The van der Waals surface area contributed by atoms with E-state index in [1.54, 1.807) is 0 Å². The number of hydrazine groups is 2. The Kier molecular flexibility index (Phi) is 2.62. The van der Waals surface area contributed by atoms with Crippen LogP contribution in [0.1, 0.15) is 6.92 Å². The largest absolute Gasteiger partial charge is 0.269 e. The Morgan fingerprint density at radius 1 is 1.10 bits per heavy atom. The Hall–Kier alpha value is -0.160. The van der Waals surface area contributed by atoms with E-state index in [9.17, 15) is 0 Å². The maximum atomic E-state index is 5.64. The summed E-state index contributed by atoms with van der Waals surface area (Å²) in [4.78, 5) is 0. The van der Waals surface area contributed by atoms with Gasteiger partial charge in [0.1, 0.15) is 0 Å². The molecule has 0 aromatic heterocycles. The van der Waals surface area contributed by atoms with E-state index in [1.807, 2.05) is 10.0 Å². The summed E-state index contributed by atoms with van der Waals surface area (Å²) in [7, 11) is 0. The van der Waals surface area contributed by atoms with Crippen molar-refractivity contribution in [1.29, 1.82) is 0 Å². The Morgan fingerprint density at radius 3 is 1.90 bits per heavy atom. The lowest BCUT2D eigenvalue weighted by Gasteiger charge is -2.14. The highest BCUT2D eigenvalue weighted by Gasteiger charge is 2.14. The van der Waals surface area contributed by atoms with Gasteiger partial charge in [0, 0.05) is 26.2 Å². The van der Waals surface area contributed by atoms with Crippen LogP contribution in [0, 0.1) is 5.92 Å². The van der Waals surface area contributed by atoms with Crippen molar-refractivity contribution in [1.82, 2.24) is 10.0 Å². The molecule has 10 heavy (non-hydrogen) atoms. The zero-order valence-corrected chi connectivity index (χ0v) is 6.45. The summed E-state index contributed by atoms with van der Waals surface area (Å²) in [5.41, 5.74) is 0. The van der Waals surface area contributed by atoms with Gasteiger partial charge in [0.05, 0.1) is 0 Å². The SMILES string of the molecule is CC1CN(N)CCN(N)C1. The van der Waals surface area contributed by atoms with Crippen molar-refractivity contribution in [3.63, 3.8) is 0 Å². The molecule has 0 saturated carbocycles. The summed E-state index contributed by atoms with van der Waals surface area (Å²) >= 11 is 0. The van der Waals surface area contributed by atoms with Gasteiger partial charge in [-0.2, -0.15) is 0 Å². The zero-order valence-electron chi connectivity index (χ0n) is 6.45. The van der Waals surface area contributed by atoms with Crippen molar-refractivity contribution in [2.24, 2.45) is 17.6 Å². The first-order valence-corrected chi connectivity index (χ1v) is 3.68. The van der Waals surface area contributed by atoms with Crippen LogP contribution in [0.2, 0.25) is 0 Å². The number of hydrogen-bond donors (Lipinski definition) is 2. The molecule has 1 aliphatic heterocycles. The van der Waals surface area contributed by atoms with E-state index in [4.69, 9.17) is 11.7 Å². The molecule has 4 nitrogen and oxygen atoms in total. The molecule has 0 unspecified atom stereocenters. The van der Waals surface area contributed by atoms with Crippen LogP contribution in [-0.4, -0.2) is 36.2 Å². The van der Waals surface area contributed by atoms with Crippen LogP contribution in [0.4, 0.5) is 0 Å². The van der Waals surface area contributed by atoms with Gasteiger partial charge in [-0.25, -0.2) is 10.0 Å². The molecule has 1 fully saturated rings. The first-order valence-electron chi connectivity index (χ1n) is 3.68. The lowest BCUT2D eigenvalue weighted by Crippen LogP contribution is -2.37. The van der Waals surface area contributed by atoms with Crippen LogP contribution >= 0.6 is 0 Å². The van der Waals surface area contributed by atoms with E-state index in [0.29, 0.717) is 5.92 Å². The van der Waals surface area contributed by atoms with Crippen molar-refractivity contribution in [3.8, 4) is 0 Å². The third kappa shape index (κ3) is 2.22. The van der Waals surface area contributed by atoms with Gasteiger partial charge in [-0.15, -0.1) is 0 Å². The molecule has 0 radical (unpaired) electrons. The average molecular weight is 144 g/mol. The molecular formula is C6H16N4. The summed E-state index contributed by atoms with van der Waals surface area (Å²) in [6.45, 7) is 5.81. The van der Waals surface area contributed by atoms with Crippen molar-refractivity contribution in [2.45, 2.75) is 6.92 Å². The van der Waals surface area contributed by atoms with Crippen LogP contribution in [-0.2, 0) is 0 Å². The highest BCUT2D eigenvalue weighted by molar-refractivity contribution is 4.66. The van der Waals surface area contributed by atoms with Gasteiger partial charge in [0.15, 0.2) is 0 Å². The molecular weight excluding hydrogens is 128 g/mol. The first kappa shape index (κ1) is 7.94. The van der Waals surface area contributed by atoms with Crippen LogP contribution in [0.15, 0.2) is 0 Å². The Balaban J connectivity index is 2.38. The highest BCUT2D eigenvalue weighted by atomic mass is 15.5. The van der Waals surface area contributed by atoms with Crippen molar-refractivity contribution < 1.29 is 0 Å². The standard InChI is InChI=1S/C6H16N4/c1-6-4-9(7)2-3-10(8)5-6/h6H,2-5,7-8H2,1H3. The fourth-order valence-electron chi connectivity index (χ4n) is 1.30. The van der Waals surface area contributed by atoms with E-state index in [-0.39, 0.29) is 0 Å². The Morgan fingerprint density at radius 2 is 1.50 bits per heavy atom. The summed E-state index contributed by atoms with van der Waals surface area (Å²) in [5.74, 6) is 11.9. The summed E-state index contributed by atoms with van der Waals surface area (Å²) in [5, 5.41) is 3.66. The van der Waals surface area contributed by atoms with Crippen LogP contribution < -0.4 is 11.7 Å². The van der Waals surface area contributed by atoms with Gasteiger partial charge in [-0.05, 0) is 5.92 Å². The predicted molar refractivity (Wildman–Crippen MR) is 40.7 cm³/mol. The maximum absolute atomic E-state index is 5.64. The van der Waals surface area contributed by atoms with E-state index >= 15 is 0 Å². The van der Waals surface area contributed by atoms with Gasteiger partial charge >= 0.3 is 0 Å². The number of nitrogens with two attached hydrogens (primary N) is 2. The second kappa shape index (κ2) is 3.30. The Labute approximate surface area is 61.7 Å². The highest BCUT2D eigenvalue weighted by Crippen LogP contribution is 2.01. The monoisotopic (exact) mass is 144 g/mol. The molecule has 60 valence electrons. The number of hydrogen-bond acceptors (Lipinski definition) is 4. The molecule has 0 aromatic rings. The molecule has 1 saturated heterocycles. The summed E-state index contributed by atoms with van der Waals surface area (Å²) < 4.78 is 0. The van der Waals surface area contributed by atoms with Gasteiger partial charge in [-0.3, -0.25) is 11.7 Å². The van der Waals surface area contributed by atoms with E-state index < -0.39 is 0 Å². The normalized spacial score (nSPS) is 26.7. The van der Waals surface area contributed by atoms with Crippen LogP contribution in [0.5, 0.6) is 0 Å². The van der Waals surface area contributed by atoms with Crippen molar-refractivity contribution in [2.75, 3.05) is 26.2 Å². The molecule has 0 amide bonds. The smallest absolute Gasteiger partial charge is 0.0270 e. The lowest BCUT2D eigenvalue weighted by atomic mass is 10.2. The Bertz CT molecular complexity index is 93.9. The van der Waals surface area contributed by atoms with Gasteiger partial charge in [0.2, 0.25) is 0 Å². The lowest BCUT2D eigenvalue weighted by molar-refractivity contribution is 0.266. The first-order chi connectivity index (χ1) is 4.68. The molecule has 0 bridgehead atoms. The molecule has 0 aromatic carbocycles. The second-order valence-electron chi connectivity index (χ2n) is 3.10. The van der Waals surface area contributed by atoms with Crippen molar-refractivity contribution in [3.05, 3.63) is 0 Å². The maximum Gasteiger partial charge on any atom is 0.0270 e. The summed E-state index contributed by atoms with van der Waals surface area (Å²) in [6, 6.07) is 0. The third-order valence-electron chi connectivity index (χ3n) is 1.77. The molecule has 0 spiro atoms. The van der Waals surface area contributed by atoms with Crippen molar-refractivity contribution >= 4 is 0 Å². The topological polar surface area (TPSA) is 58.5 Å². The molecule has 1 heterocycles. The molecule has 4 heteroatoms. The minimum absolute atomic E-state index is 0.581. The van der Waals surface area contributed by atoms with E-state index in [1.165, 1.54) is 0 Å². The van der Waals surface area contributed by atoms with Crippen LogP contribution in [0.25, 0.3) is 0 Å². The predicted octanol–water partition coefficient (Wildman–Crippen LogP) is -1.01. The van der Waals surface area contributed by atoms with Gasteiger partial charge in [-0.1, -0.05) is 6.92 Å². The minimum atomic E-state index is 0.581. The van der Waals surface area contributed by atoms with E-state index in [2.05, 4.69) is 6.92 Å². The van der Waals surface area contributed by atoms with E-state index in [0.717, 1.165) is 26.2 Å². The second-order valence-corrected chi connectivity index (χ2v) is 3.10. The zero-order chi connectivity index (χ0) is 7.56. The fourth-order valence-corrected chi connectivity index (χ4v) is 1.30.